The molecule has 92 valence electrons. The summed E-state index contributed by atoms with van der Waals surface area (Å²) in [5.74, 6) is -1.29. The number of aromatic carboxylic acids is 1. The van der Waals surface area contributed by atoms with E-state index in [1.807, 2.05) is 37.3 Å². The van der Waals surface area contributed by atoms with E-state index in [2.05, 4.69) is 15.5 Å². The number of carboxylic acids is 1. The Hall–Kier alpha value is -2.21. The van der Waals surface area contributed by atoms with Crippen LogP contribution in [0.4, 0.5) is 5.13 Å². The quantitative estimate of drug-likeness (QED) is 0.664. The number of carbonyl (C=O) groups excluding carboxylic acids is 1. The fourth-order valence-electron chi connectivity index (χ4n) is 1.29. The summed E-state index contributed by atoms with van der Waals surface area (Å²) in [6.07, 6.45) is 0. The molecule has 18 heavy (non-hydrogen) atoms. The fourth-order valence-corrected chi connectivity index (χ4v) is 1.92. The highest BCUT2D eigenvalue weighted by Crippen LogP contribution is 2.15. The third-order valence-corrected chi connectivity index (χ3v) is 2.97. The van der Waals surface area contributed by atoms with Gasteiger partial charge < -0.3 is 9.90 Å². The molecule has 0 aliphatic heterocycles. The molecule has 0 atom stereocenters. The molecule has 0 saturated carbocycles. The van der Waals surface area contributed by atoms with Gasteiger partial charge in [0, 0.05) is 5.38 Å². The molecule has 2 aromatic rings. The lowest BCUT2D eigenvalue weighted by atomic mass is 10.1. The van der Waals surface area contributed by atoms with Gasteiger partial charge in [-0.1, -0.05) is 30.3 Å². The van der Waals surface area contributed by atoms with Crippen molar-refractivity contribution in [3.63, 3.8) is 0 Å². The second-order valence-corrected chi connectivity index (χ2v) is 4.36. The summed E-state index contributed by atoms with van der Waals surface area (Å²) >= 11 is 1.16. The van der Waals surface area contributed by atoms with Crippen molar-refractivity contribution in [1.29, 1.82) is 0 Å². The molecule has 0 bridgehead atoms. The van der Waals surface area contributed by atoms with Gasteiger partial charge in [0.05, 0.1) is 17.4 Å². The van der Waals surface area contributed by atoms with Crippen molar-refractivity contribution < 1.29 is 9.90 Å². The summed E-state index contributed by atoms with van der Waals surface area (Å²) in [4.78, 5) is 14.4. The number of hydrogen-bond donors (Lipinski definition) is 1. The molecular formula is C12H10N3O2S-. The molecule has 0 radical (unpaired) electrons. The molecule has 2 rings (SSSR count). The predicted octanol–water partition coefficient (Wildman–Crippen LogP) is 1.34. The highest BCUT2D eigenvalue weighted by atomic mass is 32.1. The highest BCUT2D eigenvalue weighted by Gasteiger charge is 2.01. The first-order valence-electron chi connectivity index (χ1n) is 5.19. The van der Waals surface area contributed by atoms with Gasteiger partial charge >= 0.3 is 0 Å². The summed E-state index contributed by atoms with van der Waals surface area (Å²) in [5.41, 5.74) is 4.41. The first-order chi connectivity index (χ1) is 8.66. The smallest absolute Gasteiger partial charge is 0.203 e. The monoisotopic (exact) mass is 260 g/mol. The van der Waals surface area contributed by atoms with E-state index in [1.54, 1.807) is 0 Å². The number of thiazole rings is 1. The van der Waals surface area contributed by atoms with Gasteiger partial charge in [0.2, 0.25) is 5.13 Å². The van der Waals surface area contributed by atoms with E-state index in [1.165, 1.54) is 5.38 Å². The van der Waals surface area contributed by atoms with Gasteiger partial charge in [-0.05, 0) is 12.5 Å². The van der Waals surface area contributed by atoms with Crippen molar-refractivity contribution in [3.8, 4) is 0 Å². The van der Waals surface area contributed by atoms with Crippen molar-refractivity contribution in [1.82, 2.24) is 4.98 Å². The first-order valence-corrected chi connectivity index (χ1v) is 6.07. The Morgan fingerprint density at radius 1 is 1.39 bits per heavy atom. The van der Waals surface area contributed by atoms with Crippen LogP contribution in [-0.2, 0) is 0 Å². The Labute approximate surface area is 108 Å². The summed E-state index contributed by atoms with van der Waals surface area (Å²) in [7, 11) is 0. The molecule has 0 aliphatic rings. The molecule has 5 nitrogen and oxygen atoms in total. The second kappa shape index (κ2) is 5.42. The van der Waals surface area contributed by atoms with Gasteiger partial charge in [-0.2, -0.15) is 5.10 Å². The van der Waals surface area contributed by atoms with Crippen molar-refractivity contribution in [2.45, 2.75) is 6.92 Å². The van der Waals surface area contributed by atoms with Gasteiger partial charge in [0.1, 0.15) is 0 Å². The van der Waals surface area contributed by atoms with Crippen LogP contribution in [-0.4, -0.2) is 16.7 Å². The summed E-state index contributed by atoms with van der Waals surface area (Å²) in [5, 5.41) is 16.5. The van der Waals surface area contributed by atoms with Crippen LogP contribution in [0.15, 0.2) is 40.8 Å². The number of nitrogens with zero attached hydrogens (tertiary/aromatic N) is 2. The SMILES string of the molecule is C/C(=N/Nc1nc(C(=O)[O-])cs1)c1ccccc1. The summed E-state index contributed by atoms with van der Waals surface area (Å²) in [6, 6.07) is 9.65. The zero-order chi connectivity index (χ0) is 13.0. The number of hydrogen-bond acceptors (Lipinski definition) is 6. The number of carboxylic acid groups (broad SMARTS) is 1. The minimum atomic E-state index is -1.29. The molecular weight excluding hydrogens is 250 g/mol. The van der Waals surface area contributed by atoms with Gasteiger partial charge in [-0.3, -0.25) is 5.43 Å². The molecule has 1 heterocycles. The molecule has 0 amide bonds. The molecule has 0 saturated heterocycles. The molecule has 0 unspecified atom stereocenters. The third-order valence-electron chi connectivity index (χ3n) is 2.22. The zero-order valence-corrected chi connectivity index (χ0v) is 10.4. The van der Waals surface area contributed by atoms with Crippen LogP contribution in [0.3, 0.4) is 0 Å². The van der Waals surface area contributed by atoms with E-state index in [0.717, 1.165) is 22.6 Å². The normalized spacial score (nSPS) is 11.3. The Kier molecular flexibility index (Phi) is 3.69. The maximum Gasteiger partial charge on any atom is 0.203 e. The third kappa shape index (κ3) is 2.92. The van der Waals surface area contributed by atoms with E-state index in [-0.39, 0.29) is 5.69 Å². The van der Waals surface area contributed by atoms with E-state index >= 15 is 0 Å². The van der Waals surface area contributed by atoms with Gasteiger partial charge in [-0.15, -0.1) is 11.3 Å². The average Bonchev–Trinajstić information content (AvgIpc) is 2.86. The van der Waals surface area contributed by atoms with Gasteiger partial charge in [0.25, 0.3) is 0 Å². The minimum Gasteiger partial charge on any atom is -0.543 e. The Bertz CT molecular complexity index is 578. The molecule has 0 spiro atoms. The van der Waals surface area contributed by atoms with E-state index in [4.69, 9.17) is 0 Å². The Morgan fingerprint density at radius 2 is 2.11 bits per heavy atom. The predicted molar refractivity (Wildman–Crippen MR) is 68.7 cm³/mol. The van der Waals surface area contributed by atoms with Crippen LogP contribution in [0.5, 0.6) is 0 Å². The maximum absolute atomic E-state index is 10.5. The molecule has 6 heteroatoms. The number of carbonyl (C=O) groups is 1. The molecule has 0 aliphatic carbocycles. The number of aromatic nitrogens is 1. The van der Waals surface area contributed by atoms with E-state index in [0.29, 0.717) is 5.13 Å². The molecule has 1 aromatic heterocycles. The number of benzene rings is 1. The zero-order valence-electron chi connectivity index (χ0n) is 9.58. The van der Waals surface area contributed by atoms with Crippen LogP contribution >= 0.6 is 11.3 Å². The van der Waals surface area contributed by atoms with Crippen molar-refractivity contribution in [2.75, 3.05) is 5.43 Å². The van der Waals surface area contributed by atoms with Crippen molar-refractivity contribution >= 4 is 28.1 Å². The lowest BCUT2D eigenvalue weighted by Crippen LogP contribution is -2.22. The standard InChI is InChI=1S/C12H11N3O2S/c1-8(9-5-3-2-4-6-9)14-15-12-13-10(7-18-12)11(16)17/h2-7H,1H3,(H,13,15)(H,16,17)/p-1/b14-8-. The van der Waals surface area contributed by atoms with Crippen LogP contribution in [0.1, 0.15) is 23.0 Å². The average molecular weight is 260 g/mol. The highest BCUT2D eigenvalue weighted by molar-refractivity contribution is 7.13. The molecule has 1 N–H and O–H groups in total. The van der Waals surface area contributed by atoms with Gasteiger partial charge in [-0.25, -0.2) is 4.98 Å². The maximum atomic E-state index is 10.5. The van der Waals surface area contributed by atoms with E-state index < -0.39 is 5.97 Å². The molecule has 0 fully saturated rings. The first kappa shape index (κ1) is 12.3. The number of anilines is 1. The van der Waals surface area contributed by atoms with Crippen LogP contribution in [0.25, 0.3) is 0 Å². The van der Waals surface area contributed by atoms with Crippen LogP contribution < -0.4 is 10.5 Å². The summed E-state index contributed by atoms with van der Waals surface area (Å²) in [6.45, 7) is 1.86. The second-order valence-electron chi connectivity index (χ2n) is 3.50. The lowest BCUT2D eigenvalue weighted by Gasteiger charge is -2.00. The Morgan fingerprint density at radius 3 is 2.72 bits per heavy atom. The van der Waals surface area contributed by atoms with Crippen LogP contribution in [0.2, 0.25) is 0 Å². The van der Waals surface area contributed by atoms with Crippen LogP contribution in [0, 0.1) is 0 Å². The topological polar surface area (TPSA) is 77.4 Å². The fraction of sp³-hybridized carbons (Fsp3) is 0.0833. The largest absolute Gasteiger partial charge is 0.543 e. The number of hydrazone groups is 1. The van der Waals surface area contributed by atoms with Crippen molar-refractivity contribution in [2.24, 2.45) is 5.10 Å². The number of nitrogens with one attached hydrogen (secondary N) is 1. The van der Waals surface area contributed by atoms with Gasteiger partial charge in [0.15, 0.2) is 0 Å². The van der Waals surface area contributed by atoms with Crippen molar-refractivity contribution in [3.05, 3.63) is 47.0 Å². The minimum absolute atomic E-state index is 0.0879. The lowest BCUT2D eigenvalue weighted by molar-refractivity contribution is -0.255. The molecule has 1 aromatic carbocycles. The summed E-state index contributed by atoms with van der Waals surface area (Å²) < 4.78 is 0. The Balaban J connectivity index is 2.08. The number of rotatable bonds is 4. The van der Waals surface area contributed by atoms with E-state index in [9.17, 15) is 9.90 Å².